The molecule has 0 saturated carbocycles. The van der Waals surface area contributed by atoms with Gasteiger partial charge in [0.1, 0.15) is 6.20 Å². The molecule has 2 rings (SSSR count). The lowest BCUT2D eigenvalue weighted by atomic mass is 10.2. The molecule has 2 aromatic rings. The summed E-state index contributed by atoms with van der Waals surface area (Å²) in [4.78, 5) is 17.6. The smallest absolute Gasteiger partial charge is 0.329 e. The number of hydrogen-bond acceptors (Lipinski definition) is 7. The molecule has 8 nitrogen and oxygen atoms in total. The van der Waals surface area contributed by atoms with Gasteiger partial charge in [-0.05, 0) is 17.7 Å². The summed E-state index contributed by atoms with van der Waals surface area (Å²) in [6, 6.07) is 3.30. The number of anilines is 2. The molecule has 110 valence electrons. The van der Waals surface area contributed by atoms with E-state index in [0.717, 1.165) is 18.3 Å². The average Bonchev–Trinajstić information content (AvgIpc) is 2.48. The number of halogens is 2. The van der Waals surface area contributed by atoms with Crippen LogP contribution >= 0.6 is 0 Å². The number of nitrogen functional groups attached to an aromatic ring is 1. The zero-order chi connectivity index (χ0) is 15.4. The van der Waals surface area contributed by atoms with Crippen LogP contribution in [0.2, 0.25) is 0 Å². The highest BCUT2D eigenvalue weighted by atomic mass is 19.2. The van der Waals surface area contributed by atoms with E-state index in [1.807, 2.05) is 0 Å². The zero-order valence-electron chi connectivity index (χ0n) is 10.5. The molecule has 0 aliphatic carbocycles. The van der Waals surface area contributed by atoms with Crippen LogP contribution in [0.15, 0.2) is 24.4 Å². The first-order chi connectivity index (χ1) is 10.0. The van der Waals surface area contributed by atoms with Gasteiger partial charge in [-0.25, -0.2) is 19.6 Å². The van der Waals surface area contributed by atoms with Crippen molar-refractivity contribution in [3.05, 3.63) is 51.7 Å². The van der Waals surface area contributed by atoms with Gasteiger partial charge in [-0.2, -0.15) is 4.98 Å². The second kappa shape index (κ2) is 6.05. The molecule has 21 heavy (non-hydrogen) atoms. The number of nitrogens with two attached hydrogens (primary N) is 1. The van der Waals surface area contributed by atoms with Crippen molar-refractivity contribution in [3.8, 4) is 0 Å². The van der Waals surface area contributed by atoms with Crippen LogP contribution in [-0.4, -0.2) is 14.9 Å². The number of nitrogens with zero attached hydrogens (tertiary/aromatic N) is 3. The molecular formula is C11H10F2N6O2. The lowest BCUT2D eigenvalue weighted by Gasteiger charge is -2.07. The fourth-order valence-corrected chi connectivity index (χ4v) is 1.54. The van der Waals surface area contributed by atoms with Crippen LogP contribution in [0.4, 0.5) is 26.2 Å². The summed E-state index contributed by atoms with van der Waals surface area (Å²) >= 11 is 0. The Kier molecular flexibility index (Phi) is 4.18. The highest BCUT2D eigenvalue weighted by molar-refractivity contribution is 5.56. The Morgan fingerprint density at radius 3 is 2.71 bits per heavy atom. The van der Waals surface area contributed by atoms with E-state index >= 15 is 0 Å². The van der Waals surface area contributed by atoms with Crippen molar-refractivity contribution in [2.75, 3.05) is 10.7 Å². The molecule has 4 N–H and O–H groups in total. The number of hydrazine groups is 1. The van der Waals surface area contributed by atoms with E-state index in [-0.39, 0.29) is 24.0 Å². The van der Waals surface area contributed by atoms with Gasteiger partial charge in [-0.3, -0.25) is 15.5 Å². The van der Waals surface area contributed by atoms with Gasteiger partial charge in [0.2, 0.25) is 11.8 Å². The number of aromatic nitrogens is 2. The molecule has 0 aliphatic rings. The van der Waals surface area contributed by atoms with Crippen molar-refractivity contribution in [1.82, 2.24) is 9.97 Å². The van der Waals surface area contributed by atoms with Gasteiger partial charge in [0, 0.05) is 6.54 Å². The van der Waals surface area contributed by atoms with Crippen LogP contribution < -0.4 is 16.6 Å². The monoisotopic (exact) mass is 296 g/mol. The third-order valence-corrected chi connectivity index (χ3v) is 2.54. The maximum absolute atomic E-state index is 13.1. The van der Waals surface area contributed by atoms with E-state index in [0.29, 0.717) is 5.56 Å². The predicted molar refractivity (Wildman–Crippen MR) is 70.2 cm³/mol. The summed E-state index contributed by atoms with van der Waals surface area (Å²) in [6.45, 7) is 0.0130. The van der Waals surface area contributed by atoms with Crippen LogP contribution in [0, 0.1) is 21.7 Å². The fourth-order valence-electron chi connectivity index (χ4n) is 1.54. The lowest BCUT2D eigenvalue weighted by molar-refractivity contribution is -0.384. The Morgan fingerprint density at radius 2 is 2.10 bits per heavy atom. The molecule has 0 unspecified atom stereocenters. The SMILES string of the molecule is NNc1ncc([N+](=O)[O-])c(NCc2ccc(F)c(F)c2)n1. The first-order valence-electron chi connectivity index (χ1n) is 5.67. The van der Waals surface area contributed by atoms with Gasteiger partial charge in [-0.15, -0.1) is 0 Å². The number of hydrogen-bond donors (Lipinski definition) is 3. The molecule has 1 aromatic carbocycles. The Labute approximate surface area is 117 Å². The van der Waals surface area contributed by atoms with E-state index < -0.39 is 16.6 Å². The van der Waals surface area contributed by atoms with Crippen molar-refractivity contribution in [3.63, 3.8) is 0 Å². The van der Waals surface area contributed by atoms with Crippen molar-refractivity contribution in [2.24, 2.45) is 5.84 Å². The highest BCUT2D eigenvalue weighted by Crippen LogP contribution is 2.22. The van der Waals surface area contributed by atoms with E-state index in [1.165, 1.54) is 6.07 Å². The molecule has 0 radical (unpaired) electrons. The summed E-state index contributed by atoms with van der Waals surface area (Å²) in [5.41, 5.74) is 2.18. The second-order valence-electron chi connectivity index (χ2n) is 3.93. The van der Waals surface area contributed by atoms with Gasteiger partial charge >= 0.3 is 5.69 Å². The van der Waals surface area contributed by atoms with Gasteiger partial charge in [0.15, 0.2) is 11.6 Å². The molecule has 0 bridgehead atoms. The van der Waals surface area contributed by atoms with Crippen molar-refractivity contribution >= 4 is 17.5 Å². The topological polar surface area (TPSA) is 119 Å². The Morgan fingerprint density at radius 1 is 1.33 bits per heavy atom. The van der Waals surface area contributed by atoms with Crippen LogP contribution in [0.25, 0.3) is 0 Å². The van der Waals surface area contributed by atoms with Crippen LogP contribution in [0.1, 0.15) is 5.56 Å². The van der Waals surface area contributed by atoms with Crippen LogP contribution in [-0.2, 0) is 6.54 Å². The number of rotatable bonds is 5. The second-order valence-corrected chi connectivity index (χ2v) is 3.93. The van der Waals surface area contributed by atoms with Gasteiger partial charge in [0.05, 0.1) is 4.92 Å². The van der Waals surface area contributed by atoms with Crippen molar-refractivity contribution in [1.29, 1.82) is 0 Å². The first kappa shape index (κ1) is 14.5. The minimum atomic E-state index is -1.00. The molecule has 0 saturated heterocycles. The average molecular weight is 296 g/mol. The van der Waals surface area contributed by atoms with Crippen LogP contribution in [0.3, 0.4) is 0 Å². The van der Waals surface area contributed by atoms with Gasteiger partial charge in [-0.1, -0.05) is 6.07 Å². The molecular weight excluding hydrogens is 286 g/mol. The molecule has 10 heteroatoms. The van der Waals surface area contributed by atoms with Crippen molar-refractivity contribution < 1.29 is 13.7 Å². The number of benzene rings is 1. The summed E-state index contributed by atoms with van der Waals surface area (Å²) in [5.74, 6) is 3.04. The fraction of sp³-hybridized carbons (Fsp3) is 0.0909. The van der Waals surface area contributed by atoms with E-state index in [1.54, 1.807) is 0 Å². The quantitative estimate of drug-likeness (QED) is 0.435. The normalized spacial score (nSPS) is 10.2. The van der Waals surface area contributed by atoms with E-state index in [2.05, 4.69) is 20.7 Å². The minimum Gasteiger partial charge on any atom is -0.360 e. The summed E-state index contributed by atoms with van der Waals surface area (Å²) < 4.78 is 25.9. The Bertz CT molecular complexity index is 682. The number of nitrogens with one attached hydrogen (secondary N) is 2. The van der Waals surface area contributed by atoms with Gasteiger partial charge in [0.25, 0.3) is 0 Å². The molecule has 0 amide bonds. The molecule has 0 fully saturated rings. The van der Waals surface area contributed by atoms with E-state index in [9.17, 15) is 18.9 Å². The lowest BCUT2D eigenvalue weighted by Crippen LogP contribution is -2.13. The zero-order valence-corrected chi connectivity index (χ0v) is 10.5. The standard InChI is InChI=1S/C11H10F2N6O2/c12-7-2-1-6(3-8(7)13)4-15-10-9(19(20)21)5-16-11(17-10)18-14/h1-3,5H,4,14H2,(H2,15,16,17,18). The molecule has 1 aromatic heterocycles. The van der Waals surface area contributed by atoms with E-state index in [4.69, 9.17) is 5.84 Å². The molecule has 1 heterocycles. The molecule has 0 aliphatic heterocycles. The maximum Gasteiger partial charge on any atom is 0.329 e. The predicted octanol–water partition coefficient (Wildman–Crippen LogP) is 1.56. The van der Waals surface area contributed by atoms with Crippen LogP contribution in [0.5, 0.6) is 0 Å². The Balaban J connectivity index is 2.21. The highest BCUT2D eigenvalue weighted by Gasteiger charge is 2.17. The Hall–Kier alpha value is -2.88. The third kappa shape index (κ3) is 3.36. The minimum absolute atomic E-state index is 0.0130. The largest absolute Gasteiger partial charge is 0.360 e. The maximum atomic E-state index is 13.1. The van der Waals surface area contributed by atoms with Gasteiger partial charge < -0.3 is 5.32 Å². The van der Waals surface area contributed by atoms with Crippen molar-refractivity contribution in [2.45, 2.75) is 6.54 Å². The molecule has 0 spiro atoms. The number of nitro groups is 1. The first-order valence-corrected chi connectivity index (χ1v) is 5.67. The summed E-state index contributed by atoms with van der Waals surface area (Å²) in [6.07, 6.45) is 0.982. The molecule has 0 atom stereocenters. The summed E-state index contributed by atoms with van der Waals surface area (Å²) in [5, 5.41) is 13.5. The third-order valence-electron chi connectivity index (χ3n) is 2.54. The summed E-state index contributed by atoms with van der Waals surface area (Å²) in [7, 11) is 0.